The van der Waals surface area contributed by atoms with E-state index in [-0.39, 0.29) is 12.5 Å². The second kappa shape index (κ2) is 5.77. The summed E-state index contributed by atoms with van der Waals surface area (Å²) in [6.07, 6.45) is 0. The Morgan fingerprint density at radius 2 is 2.19 bits per heavy atom. The van der Waals surface area contributed by atoms with Gasteiger partial charge in [-0.1, -0.05) is 0 Å². The Balaban J connectivity index is 1.94. The number of piperazine rings is 1. The fourth-order valence-electron chi connectivity index (χ4n) is 2.12. The lowest BCUT2D eigenvalue weighted by Gasteiger charge is -2.29. The van der Waals surface area contributed by atoms with Crippen LogP contribution in [0.1, 0.15) is 15.7 Å². The predicted octanol–water partition coefficient (Wildman–Crippen LogP) is 1.04. The molecule has 16 heavy (non-hydrogen) atoms. The molecule has 0 radical (unpaired) electrons. The highest BCUT2D eigenvalue weighted by Crippen LogP contribution is 2.25. The van der Waals surface area contributed by atoms with Crippen LogP contribution >= 0.6 is 11.3 Å². The van der Waals surface area contributed by atoms with Crippen molar-refractivity contribution in [2.24, 2.45) is 0 Å². The number of thiophene rings is 1. The SMILES string of the molecule is Cc1ccc(C(CO)CN2CCNCC2)s1. The van der Waals surface area contributed by atoms with Crippen molar-refractivity contribution in [3.63, 3.8) is 0 Å². The summed E-state index contributed by atoms with van der Waals surface area (Å²) in [5.74, 6) is 0.289. The van der Waals surface area contributed by atoms with Crippen molar-refractivity contribution >= 4 is 11.3 Å². The highest BCUT2D eigenvalue weighted by Gasteiger charge is 2.18. The standard InChI is InChI=1S/C12H20N2OS/c1-10-2-3-12(16-10)11(9-15)8-14-6-4-13-5-7-14/h2-3,11,13,15H,4-9H2,1H3. The molecule has 0 aliphatic carbocycles. The van der Waals surface area contributed by atoms with Crippen molar-refractivity contribution < 1.29 is 5.11 Å². The van der Waals surface area contributed by atoms with E-state index in [1.54, 1.807) is 11.3 Å². The van der Waals surface area contributed by atoms with E-state index in [9.17, 15) is 5.11 Å². The molecule has 0 bridgehead atoms. The van der Waals surface area contributed by atoms with Crippen LogP contribution in [0.4, 0.5) is 0 Å². The van der Waals surface area contributed by atoms with Crippen LogP contribution in [-0.2, 0) is 0 Å². The van der Waals surface area contributed by atoms with Gasteiger partial charge in [-0.15, -0.1) is 11.3 Å². The Morgan fingerprint density at radius 3 is 2.75 bits per heavy atom. The lowest BCUT2D eigenvalue weighted by Crippen LogP contribution is -2.45. The van der Waals surface area contributed by atoms with Crippen LogP contribution in [0.5, 0.6) is 0 Å². The van der Waals surface area contributed by atoms with Crippen LogP contribution in [-0.4, -0.2) is 49.3 Å². The molecule has 1 aliphatic rings. The smallest absolute Gasteiger partial charge is 0.0520 e. The Hall–Kier alpha value is -0.420. The quantitative estimate of drug-likeness (QED) is 0.825. The van der Waals surface area contributed by atoms with Gasteiger partial charge in [-0.3, -0.25) is 0 Å². The average Bonchev–Trinajstić information content (AvgIpc) is 2.74. The van der Waals surface area contributed by atoms with Gasteiger partial charge in [-0.2, -0.15) is 0 Å². The maximum absolute atomic E-state index is 9.48. The third-order valence-corrected chi connectivity index (χ3v) is 4.24. The lowest BCUT2D eigenvalue weighted by molar-refractivity contribution is 0.187. The molecule has 1 atom stereocenters. The van der Waals surface area contributed by atoms with Gasteiger partial charge in [0, 0.05) is 48.4 Å². The van der Waals surface area contributed by atoms with Crippen LogP contribution in [0, 0.1) is 6.92 Å². The van der Waals surface area contributed by atoms with Gasteiger partial charge in [0.1, 0.15) is 0 Å². The molecular weight excluding hydrogens is 220 g/mol. The predicted molar refractivity (Wildman–Crippen MR) is 68.2 cm³/mol. The zero-order chi connectivity index (χ0) is 11.4. The Kier molecular flexibility index (Phi) is 4.35. The van der Waals surface area contributed by atoms with Gasteiger partial charge < -0.3 is 15.3 Å². The summed E-state index contributed by atoms with van der Waals surface area (Å²) >= 11 is 1.81. The third kappa shape index (κ3) is 3.04. The lowest BCUT2D eigenvalue weighted by atomic mass is 10.1. The Morgan fingerprint density at radius 1 is 1.44 bits per heavy atom. The first-order valence-electron chi connectivity index (χ1n) is 5.90. The molecule has 90 valence electrons. The molecule has 1 aromatic rings. The molecule has 1 fully saturated rings. The molecule has 2 heterocycles. The molecule has 0 amide bonds. The number of aliphatic hydroxyl groups excluding tert-OH is 1. The van der Waals surface area contributed by atoms with Gasteiger partial charge >= 0.3 is 0 Å². The minimum Gasteiger partial charge on any atom is -0.396 e. The Bertz CT molecular complexity index is 321. The fourth-order valence-corrected chi connectivity index (χ4v) is 3.08. The van der Waals surface area contributed by atoms with E-state index in [4.69, 9.17) is 0 Å². The highest BCUT2D eigenvalue weighted by atomic mass is 32.1. The zero-order valence-electron chi connectivity index (χ0n) is 9.78. The summed E-state index contributed by atoms with van der Waals surface area (Å²) in [6.45, 7) is 7.69. The first kappa shape index (κ1) is 12.0. The van der Waals surface area contributed by atoms with Crippen molar-refractivity contribution in [3.8, 4) is 0 Å². The van der Waals surface area contributed by atoms with E-state index in [1.165, 1.54) is 9.75 Å². The normalized spacial score (nSPS) is 19.9. The van der Waals surface area contributed by atoms with Crippen LogP contribution in [0.2, 0.25) is 0 Å². The van der Waals surface area contributed by atoms with Crippen LogP contribution in [0.15, 0.2) is 12.1 Å². The van der Waals surface area contributed by atoms with E-state index in [1.807, 2.05) is 0 Å². The summed E-state index contributed by atoms with van der Waals surface area (Å²) in [4.78, 5) is 5.08. The second-order valence-electron chi connectivity index (χ2n) is 4.38. The van der Waals surface area contributed by atoms with Crippen LogP contribution in [0.25, 0.3) is 0 Å². The Labute approximate surface area is 101 Å². The van der Waals surface area contributed by atoms with Gasteiger partial charge in [-0.25, -0.2) is 0 Å². The number of nitrogens with one attached hydrogen (secondary N) is 1. The van der Waals surface area contributed by atoms with Crippen molar-refractivity contribution in [1.82, 2.24) is 10.2 Å². The van der Waals surface area contributed by atoms with Crippen molar-refractivity contribution in [2.45, 2.75) is 12.8 Å². The third-order valence-electron chi connectivity index (χ3n) is 3.07. The number of aliphatic hydroxyl groups is 1. The molecule has 4 heteroatoms. The molecule has 2 N–H and O–H groups in total. The summed E-state index contributed by atoms with van der Waals surface area (Å²) in [5.41, 5.74) is 0. The molecule has 3 nitrogen and oxygen atoms in total. The molecule has 0 saturated carbocycles. The molecule has 1 unspecified atom stereocenters. The summed E-state index contributed by atoms with van der Waals surface area (Å²) < 4.78 is 0. The highest BCUT2D eigenvalue weighted by molar-refractivity contribution is 7.12. The largest absolute Gasteiger partial charge is 0.396 e. The van der Waals surface area contributed by atoms with Crippen LogP contribution in [0.3, 0.4) is 0 Å². The molecule has 2 rings (SSSR count). The molecule has 1 aliphatic heterocycles. The van der Waals surface area contributed by atoms with Crippen molar-refractivity contribution in [1.29, 1.82) is 0 Å². The van der Waals surface area contributed by atoms with Gasteiger partial charge in [-0.05, 0) is 19.1 Å². The zero-order valence-corrected chi connectivity index (χ0v) is 10.6. The monoisotopic (exact) mass is 240 g/mol. The first-order chi connectivity index (χ1) is 7.79. The number of rotatable bonds is 4. The van der Waals surface area contributed by atoms with E-state index < -0.39 is 0 Å². The number of hydrogen-bond donors (Lipinski definition) is 2. The van der Waals surface area contributed by atoms with Gasteiger partial charge in [0.2, 0.25) is 0 Å². The molecular formula is C12H20N2OS. The molecule has 0 spiro atoms. The topological polar surface area (TPSA) is 35.5 Å². The maximum Gasteiger partial charge on any atom is 0.0520 e. The first-order valence-corrected chi connectivity index (χ1v) is 6.71. The molecule has 0 aromatic carbocycles. The van der Waals surface area contributed by atoms with Crippen molar-refractivity contribution in [2.75, 3.05) is 39.3 Å². The summed E-state index contributed by atoms with van der Waals surface area (Å²) in [7, 11) is 0. The maximum atomic E-state index is 9.48. The minimum absolute atomic E-state index is 0.254. The van der Waals surface area contributed by atoms with Gasteiger partial charge in [0.15, 0.2) is 0 Å². The molecule has 1 saturated heterocycles. The van der Waals surface area contributed by atoms with Gasteiger partial charge in [0.05, 0.1) is 6.61 Å². The van der Waals surface area contributed by atoms with Crippen LogP contribution < -0.4 is 5.32 Å². The minimum atomic E-state index is 0.254. The van der Waals surface area contributed by atoms with E-state index >= 15 is 0 Å². The van der Waals surface area contributed by atoms with E-state index in [2.05, 4.69) is 29.3 Å². The van der Waals surface area contributed by atoms with E-state index in [0.29, 0.717) is 0 Å². The number of hydrogen-bond acceptors (Lipinski definition) is 4. The summed E-state index contributed by atoms with van der Waals surface area (Å²) in [5, 5.41) is 12.8. The van der Waals surface area contributed by atoms with Gasteiger partial charge in [0.25, 0.3) is 0 Å². The number of aryl methyl sites for hydroxylation is 1. The van der Waals surface area contributed by atoms with E-state index in [0.717, 1.165) is 32.7 Å². The van der Waals surface area contributed by atoms with Crippen molar-refractivity contribution in [3.05, 3.63) is 21.9 Å². The molecule has 1 aromatic heterocycles. The summed E-state index contributed by atoms with van der Waals surface area (Å²) in [6, 6.07) is 4.30. The average molecular weight is 240 g/mol. The fraction of sp³-hybridized carbons (Fsp3) is 0.667. The number of nitrogens with zero attached hydrogens (tertiary/aromatic N) is 1. The second-order valence-corrected chi connectivity index (χ2v) is 5.70.